The molecule has 0 spiro atoms. The van der Waals surface area contributed by atoms with Gasteiger partial charge in [0.1, 0.15) is 5.75 Å². The van der Waals surface area contributed by atoms with E-state index in [9.17, 15) is 4.79 Å². The minimum Gasteiger partial charge on any atom is -0.482 e. The third-order valence-electron chi connectivity index (χ3n) is 5.78. The average molecular weight is 376 g/mol. The summed E-state index contributed by atoms with van der Waals surface area (Å²) in [4.78, 5) is 16.2. The molecule has 2 aliphatic rings. The van der Waals surface area contributed by atoms with Crippen LogP contribution < -0.4 is 15.0 Å². The lowest BCUT2D eigenvalue weighted by Crippen LogP contribution is -2.52. The van der Waals surface area contributed by atoms with Crippen LogP contribution in [0.3, 0.4) is 0 Å². The van der Waals surface area contributed by atoms with Crippen molar-refractivity contribution in [3.8, 4) is 5.75 Å². The number of benzene rings is 1. The van der Waals surface area contributed by atoms with Gasteiger partial charge in [0.2, 0.25) is 0 Å². The first-order valence-electron chi connectivity index (χ1n) is 10.1. The first kappa shape index (κ1) is 20.0. The average Bonchev–Trinajstić information content (AvgIpc) is 2.72. The number of carbonyl (C=O) groups is 1. The van der Waals surface area contributed by atoms with E-state index in [1.165, 1.54) is 51.7 Å². The maximum atomic E-state index is 11.2. The van der Waals surface area contributed by atoms with E-state index in [4.69, 9.17) is 4.74 Å². The van der Waals surface area contributed by atoms with Crippen molar-refractivity contribution in [1.82, 2.24) is 10.2 Å². The summed E-state index contributed by atoms with van der Waals surface area (Å²) in [6, 6.07) is 8.50. The molecule has 0 aliphatic carbocycles. The minimum atomic E-state index is -0.367. The Kier molecular flexibility index (Phi) is 7.35. The summed E-state index contributed by atoms with van der Waals surface area (Å²) >= 11 is 0. The quantitative estimate of drug-likeness (QED) is 0.737. The number of ether oxygens (including phenoxy) is 2. The van der Waals surface area contributed by atoms with E-state index in [1.54, 1.807) is 0 Å². The van der Waals surface area contributed by atoms with E-state index in [1.807, 2.05) is 12.1 Å². The molecule has 3 rings (SSSR count). The van der Waals surface area contributed by atoms with Crippen molar-refractivity contribution in [3.63, 3.8) is 0 Å². The number of anilines is 1. The number of rotatable bonds is 7. The lowest BCUT2D eigenvalue weighted by molar-refractivity contribution is -0.142. The van der Waals surface area contributed by atoms with Crippen LogP contribution in [0, 0.1) is 5.92 Å². The number of methoxy groups -OCH3 is 1. The van der Waals surface area contributed by atoms with Crippen molar-refractivity contribution >= 4 is 11.7 Å². The van der Waals surface area contributed by atoms with Gasteiger partial charge in [-0.1, -0.05) is 0 Å². The van der Waals surface area contributed by atoms with Crippen LogP contribution in [0.4, 0.5) is 5.69 Å². The molecule has 0 bridgehead atoms. The predicted molar refractivity (Wildman–Crippen MR) is 107 cm³/mol. The molecule has 0 saturated carbocycles. The summed E-state index contributed by atoms with van der Waals surface area (Å²) in [5.74, 6) is 1.22. The standard InChI is InChI=1S/C21H33N3O3/c1-17-15-23(12-9-18-7-10-22-11-8-18)13-14-24(17)19-3-5-20(6-4-19)27-16-21(25)26-2/h3-6,17-18,22H,7-16H2,1-2H3. The smallest absolute Gasteiger partial charge is 0.343 e. The summed E-state index contributed by atoms with van der Waals surface area (Å²) in [5, 5.41) is 3.45. The molecule has 2 fully saturated rings. The van der Waals surface area contributed by atoms with Crippen LogP contribution in [0.15, 0.2) is 24.3 Å². The van der Waals surface area contributed by atoms with Crippen LogP contribution in [0.25, 0.3) is 0 Å². The van der Waals surface area contributed by atoms with Gasteiger partial charge in [-0.05, 0) is 76.0 Å². The Morgan fingerprint density at radius 3 is 2.59 bits per heavy atom. The zero-order valence-electron chi connectivity index (χ0n) is 16.7. The van der Waals surface area contributed by atoms with E-state index in [0.717, 1.165) is 25.6 Å². The predicted octanol–water partition coefficient (Wildman–Crippen LogP) is 2.14. The zero-order valence-corrected chi connectivity index (χ0v) is 16.7. The molecule has 6 nitrogen and oxygen atoms in total. The fourth-order valence-corrected chi connectivity index (χ4v) is 4.09. The van der Waals surface area contributed by atoms with Gasteiger partial charge in [-0.15, -0.1) is 0 Å². The highest BCUT2D eigenvalue weighted by Gasteiger charge is 2.24. The van der Waals surface area contributed by atoms with Gasteiger partial charge < -0.3 is 19.7 Å². The molecule has 27 heavy (non-hydrogen) atoms. The Morgan fingerprint density at radius 2 is 1.93 bits per heavy atom. The molecule has 2 saturated heterocycles. The number of nitrogens with zero attached hydrogens (tertiary/aromatic N) is 2. The summed E-state index contributed by atoms with van der Waals surface area (Å²) in [6.45, 7) is 9.14. The highest BCUT2D eigenvalue weighted by Crippen LogP contribution is 2.24. The van der Waals surface area contributed by atoms with Crippen LogP contribution in [0.1, 0.15) is 26.2 Å². The van der Waals surface area contributed by atoms with Crippen molar-refractivity contribution in [2.45, 2.75) is 32.2 Å². The van der Waals surface area contributed by atoms with Gasteiger partial charge in [0, 0.05) is 31.4 Å². The van der Waals surface area contributed by atoms with Gasteiger partial charge in [-0.2, -0.15) is 0 Å². The molecule has 1 aromatic carbocycles. The Hall–Kier alpha value is -1.79. The van der Waals surface area contributed by atoms with Gasteiger partial charge >= 0.3 is 5.97 Å². The number of carbonyl (C=O) groups excluding carboxylic acids is 1. The number of piperazine rings is 1. The number of hydrogen-bond acceptors (Lipinski definition) is 6. The maximum Gasteiger partial charge on any atom is 0.343 e. The Bertz CT molecular complexity index is 587. The highest BCUT2D eigenvalue weighted by atomic mass is 16.6. The van der Waals surface area contributed by atoms with Crippen LogP contribution >= 0.6 is 0 Å². The maximum absolute atomic E-state index is 11.2. The Labute approximate surface area is 162 Å². The number of nitrogens with one attached hydrogen (secondary N) is 1. The fraction of sp³-hybridized carbons (Fsp3) is 0.667. The molecular weight excluding hydrogens is 342 g/mol. The molecule has 1 aromatic rings. The largest absolute Gasteiger partial charge is 0.482 e. The Morgan fingerprint density at radius 1 is 1.19 bits per heavy atom. The van der Waals surface area contributed by atoms with Gasteiger partial charge in [0.15, 0.2) is 6.61 Å². The van der Waals surface area contributed by atoms with E-state index >= 15 is 0 Å². The normalized spacial score (nSPS) is 21.9. The van der Waals surface area contributed by atoms with E-state index in [2.05, 4.69) is 38.9 Å². The van der Waals surface area contributed by atoms with E-state index < -0.39 is 0 Å². The van der Waals surface area contributed by atoms with Crippen LogP contribution in [0.5, 0.6) is 5.75 Å². The molecule has 1 atom stereocenters. The molecular formula is C21H33N3O3. The topological polar surface area (TPSA) is 54.0 Å². The molecule has 6 heteroatoms. The Balaban J connectivity index is 1.45. The van der Waals surface area contributed by atoms with Gasteiger partial charge in [0.05, 0.1) is 7.11 Å². The summed E-state index contributed by atoms with van der Waals surface area (Å²) in [5.41, 5.74) is 1.21. The lowest BCUT2D eigenvalue weighted by atomic mass is 9.94. The molecule has 150 valence electrons. The molecule has 2 aliphatic heterocycles. The molecule has 1 N–H and O–H groups in total. The van der Waals surface area contributed by atoms with E-state index in [-0.39, 0.29) is 12.6 Å². The van der Waals surface area contributed by atoms with Crippen molar-refractivity contribution < 1.29 is 14.3 Å². The third-order valence-corrected chi connectivity index (χ3v) is 5.78. The monoisotopic (exact) mass is 375 g/mol. The fourth-order valence-electron chi connectivity index (χ4n) is 4.09. The lowest BCUT2D eigenvalue weighted by Gasteiger charge is -2.42. The van der Waals surface area contributed by atoms with Crippen LogP contribution in [-0.2, 0) is 9.53 Å². The van der Waals surface area contributed by atoms with Crippen molar-refractivity contribution in [3.05, 3.63) is 24.3 Å². The molecule has 2 heterocycles. The minimum absolute atomic E-state index is 0.0536. The second kappa shape index (κ2) is 9.95. The van der Waals surface area contributed by atoms with Gasteiger partial charge in [-0.25, -0.2) is 4.79 Å². The molecule has 0 amide bonds. The zero-order chi connectivity index (χ0) is 19.1. The van der Waals surface area contributed by atoms with Crippen LogP contribution in [0.2, 0.25) is 0 Å². The SMILES string of the molecule is COC(=O)COc1ccc(N2CCN(CCC3CCNCC3)CC2C)cc1. The molecule has 0 radical (unpaired) electrons. The van der Waals surface area contributed by atoms with Gasteiger partial charge in [-0.3, -0.25) is 4.90 Å². The summed E-state index contributed by atoms with van der Waals surface area (Å²) in [6.07, 6.45) is 4.00. The van der Waals surface area contributed by atoms with Crippen molar-refractivity contribution in [2.24, 2.45) is 5.92 Å². The number of piperidine rings is 1. The summed E-state index contributed by atoms with van der Waals surface area (Å²) in [7, 11) is 1.36. The highest BCUT2D eigenvalue weighted by molar-refractivity contribution is 5.70. The second-order valence-electron chi connectivity index (χ2n) is 7.68. The number of esters is 1. The van der Waals surface area contributed by atoms with E-state index in [0.29, 0.717) is 11.8 Å². The van der Waals surface area contributed by atoms with Crippen LogP contribution in [-0.4, -0.2) is 69.9 Å². The van der Waals surface area contributed by atoms with Crippen molar-refractivity contribution in [1.29, 1.82) is 0 Å². The van der Waals surface area contributed by atoms with Crippen molar-refractivity contribution in [2.75, 3.05) is 57.9 Å². The van der Waals surface area contributed by atoms with Gasteiger partial charge in [0.25, 0.3) is 0 Å². The molecule has 1 unspecified atom stereocenters. The second-order valence-corrected chi connectivity index (χ2v) is 7.68. The summed E-state index contributed by atoms with van der Waals surface area (Å²) < 4.78 is 10.0. The first-order chi connectivity index (χ1) is 13.2. The first-order valence-corrected chi connectivity index (χ1v) is 10.1. The molecule has 0 aromatic heterocycles. The third kappa shape index (κ3) is 5.84. The number of hydrogen-bond donors (Lipinski definition) is 1.